The number of nitrogens with zero attached hydrogens (tertiary/aromatic N) is 1. The van der Waals surface area contributed by atoms with Gasteiger partial charge >= 0.3 is 0 Å². The Labute approximate surface area is 131 Å². The molecule has 114 valence electrons. The summed E-state index contributed by atoms with van der Waals surface area (Å²) in [6, 6.07) is 13.0. The molecule has 0 spiro atoms. The largest absolute Gasteiger partial charge is 0.494 e. The molecule has 0 amide bonds. The predicted molar refractivity (Wildman–Crippen MR) is 88.2 cm³/mol. The maximum Gasteiger partial charge on any atom is 0.197 e. The number of nitrogen functional groups attached to an aromatic ring is 1. The first-order chi connectivity index (χ1) is 10.7. The quantitative estimate of drug-likeness (QED) is 0.709. The third-order valence-electron chi connectivity index (χ3n) is 3.30. The average Bonchev–Trinajstić information content (AvgIpc) is 2.93. The Bertz CT molecular complexity index is 829. The van der Waals surface area contributed by atoms with Crippen molar-refractivity contribution in [1.82, 2.24) is 9.97 Å². The van der Waals surface area contributed by atoms with E-state index in [1.807, 2.05) is 43.3 Å². The van der Waals surface area contributed by atoms with Crippen LogP contribution in [0, 0.1) is 0 Å². The number of hydrogen-bond donors (Lipinski definition) is 2. The molecule has 3 aromatic rings. The highest BCUT2D eigenvalue weighted by molar-refractivity contribution is 7.84. The van der Waals surface area contributed by atoms with Gasteiger partial charge in [-0.3, -0.25) is 4.21 Å². The number of fused-ring (bicyclic) bond motifs is 1. The summed E-state index contributed by atoms with van der Waals surface area (Å²) in [5, 5.41) is 0.451. The Hall–Kier alpha value is -2.34. The molecule has 1 atom stereocenters. The smallest absolute Gasteiger partial charge is 0.197 e. The van der Waals surface area contributed by atoms with Crippen LogP contribution in [0.3, 0.4) is 0 Å². The third-order valence-corrected chi connectivity index (χ3v) is 4.50. The fraction of sp³-hybridized carbons (Fsp3) is 0.188. The highest BCUT2D eigenvalue weighted by Gasteiger charge is 2.12. The number of nitrogens with one attached hydrogen (secondary N) is 1. The summed E-state index contributed by atoms with van der Waals surface area (Å²) in [7, 11) is -1.28. The van der Waals surface area contributed by atoms with Crippen LogP contribution in [0.4, 0.5) is 5.69 Å². The number of aromatic amines is 1. The van der Waals surface area contributed by atoms with Crippen molar-refractivity contribution in [3.63, 3.8) is 0 Å². The number of nitrogens with two attached hydrogens (primary N) is 1. The van der Waals surface area contributed by atoms with Crippen LogP contribution in [0.15, 0.2) is 47.6 Å². The Morgan fingerprint density at radius 3 is 2.86 bits per heavy atom. The minimum absolute atomic E-state index is 0.338. The van der Waals surface area contributed by atoms with Crippen molar-refractivity contribution in [3.05, 3.63) is 48.0 Å². The van der Waals surface area contributed by atoms with Crippen molar-refractivity contribution in [3.8, 4) is 5.75 Å². The van der Waals surface area contributed by atoms with E-state index in [9.17, 15) is 4.21 Å². The van der Waals surface area contributed by atoms with Gasteiger partial charge in [0, 0.05) is 11.8 Å². The Kier molecular flexibility index (Phi) is 4.11. The van der Waals surface area contributed by atoms with Crippen LogP contribution in [0.1, 0.15) is 12.5 Å². The molecule has 0 aliphatic heterocycles. The summed E-state index contributed by atoms with van der Waals surface area (Å²) < 4.78 is 17.9. The Balaban J connectivity index is 1.86. The maximum absolute atomic E-state index is 12.5. The highest BCUT2D eigenvalue weighted by atomic mass is 32.2. The topological polar surface area (TPSA) is 81.0 Å². The average molecular weight is 315 g/mol. The van der Waals surface area contributed by atoms with Gasteiger partial charge in [-0.05, 0) is 30.7 Å². The van der Waals surface area contributed by atoms with E-state index in [4.69, 9.17) is 10.5 Å². The molecule has 0 saturated heterocycles. The molecule has 1 aromatic heterocycles. The van der Waals surface area contributed by atoms with E-state index in [1.54, 1.807) is 6.07 Å². The van der Waals surface area contributed by atoms with E-state index >= 15 is 0 Å². The first-order valence-corrected chi connectivity index (χ1v) is 8.33. The monoisotopic (exact) mass is 315 g/mol. The number of imidazole rings is 1. The number of ether oxygens (including phenoxy) is 1. The van der Waals surface area contributed by atoms with E-state index in [-0.39, 0.29) is 0 Å². The second kappa shape index (κ2) is 6.19. The first kappa shape index (κ1) is 14.6. The van der Waals surface area contributed by atoms with Crippen molar-refractivity contribution in [2.45, 2.75) is 17.8 Å². The van der Waals surface area contributed by atoms with Crippen LogP contribution in [-0.4, -0.2) is 20.8 Å². The van der Waals surface area contributed by atoms with Crippen LogP contribution in [0.2, 0.25) is 0 Å². The second-order valence-electron chi connectivity index (χ2n) is 4.84. The van der Waals surface area contributed by atoms with Gasteiger partial charge in [-0.2, -0.15) is 0 Å². The van der Waals surface area contributed by atoms with Gasteiger partial charge in [0.05, 0.1) is 34.2 Å². The Morgan fingerprint density at radius 2 is 2.09 bits per heavy atom. The molecular formula is C16H17N3O2S. The van der Waals surface area contributed by atoms with E-state index in [1.165, 1.54) is 0 Å². The van der Waals surface area contributed by atoms with Gasteiger partial charge in [-0.15, -0.1) is 0 Å². The normalized spacial score (nSPS) is 12.4. The van der Waals surface area contributed by atoms with Crippen LogP contribution >= 0.6 is 0 Å². The predicted octanol–water partition coefficient (Wildman–Crippen LogP) is 2.85. The van der Waals surface area contributed by atoms with Gasteiger partial charge in [0.15, 0.2) is 5.16 Å². The van der Waals surface area contributed by atoms with E-state index < -0.39 is 10.8 Å². The molecule has 0 aliphatic carbocycles. The van der Waals surface area contributed by atoms with Crippen LogP contribution < -0.4 is 10.5 Å². The van der Waals surface area contributed by atoms with Crippen molar-refractivity contribution < 1.29 is 8.95 Å². The lowest BCUT2D eigenvalue weighted by Crippen LogP contribution is -2.01. The molecule has 0 bridgehead atoms. The minimum Gasteiger partial charge on any atom is -0.494 e. The molecule has 2 aromatic carbocycles. The van der Waals surface area contributed by atoms with Gasteiger partial charge < -0.3 is 15.5 Å². The fourth-order valence-corrected chi connectivity index (χ4v) is 3.31. The summed E-state index contributed by atoms with van der Waals surface area (Å²) in [4.78, 5) is 7.49. The molecule has 0 radical (unpaired) electrons. The van der Waals surface area contributed by atoms with Gasteiger partial charge in [-0.1, -0.05) is 18.2 Å². The van der Waals surface area contributed by atoms with Crippen molar-refractivity contribution >= 4 is 27.5 Å². The number of aromatic nitrogens is 2. The summed E-state index contributed by atoms with van der Waals surface area (Å²) in [6.45, 7) is 2.54. The zero-order valence-electron chi connectivity index (χ0n) is 12.2. The third kappa shape index (κ3) is 2.96. The number of hydrogen-bond acceptors (Lipinski definition) is 4. The second-order valence-corrected chi connectivity index (χ2v) is 6.21. The number of benzene rings is 2. The SMILES string of the molecule is CCOc1ccc2nc(S(=O)Cc3ccccc3N)[nH]c2c1. The van der Waals surface area contributed by atoms with Gasteiger partial charge in [0.1, 0.15) is 5.75 Å². The molecular weight excluding hydrogens is 298 g/mol. The first-order valence-electron chi connectivity index (χ1n) is 7.01. The summed E-state index contributed by atoms with van der Waals surface area (Å²) >= 11 is 0. The van der Waals surface area contributed by atoms with Crippen LogP contribution in [-0.2, 0) is 16.6 Å². The molecule has 22 heavy (non-hydrogen) atoms. The minimum atomic E-state index is -1.28. The molecule has 5 nitrogen and oxygen atoms in total. The zero-order chi connectivity index (χ0) is 15.5. The van der Waals surface area contributed by atoms with Crippen molar-refractivity contribution in [2.75, 3.05) is 12.3 Å². The van der Waals surface area contributed by atoms with E-state index in [0.29, 0.717) is 23.2 Å². The number of para-hydroxylation sites is 1. The van der Waals surface area contributed by atoms with Crippen molar-refractivity contribution in [1.29, 1.82) is 0 Å². The number of H-pyrrole nitrogens is 1. The molecule has 0 aliphatic rings. The van der Waals surface area contributed by atoms with Gasteiger partial charge in [-0.25, -0.2) is 4.98 Å². The molecule has 1 heterocycles. The van der Waals surface area contributed by atoms with E-state index in [0.717, 1.165) is 22.3 Å². The maximum atomic E-state index is 12.5. The Morgan fingerprint density at radius 1 is 1.27 bits per heavy atom. The fourth-order valence-electron chi connectivity index (χ4n) is 2.20. The zero-order valence-corrected chi connectivity index (χ0v) is 13.0. The van der Waals surface area contributed by atoms with Crippen LogP contribution in [0.5, 0.6) is 5.75 Å². The van der Waals surface area contributed by atoms with E-state index in [2.05, 4.69) is 9.97 Å². The molecule has 0 fully saturated rings. The molecule has 0 saturated carbocycles. The highest BCUT2D eigenvalue weighted by Crippen LogP contribution is 2.22. The standard InChI is InChI=1S/C16H17N3O2S/c1-2-21-12-7-8-14-15(9-12)19-16(18-14)22(20)10-11-5-3-4-6-13(11)17/h3-9H,2,10,17H2,1H3,(H,18,19). The van der Waals surface area contributed by atoms with Gasteiger partial charge in [0.25, 0.3) is 0 Å². The van der Waals surface area contributed by atoms with Crippen LogP contribution in [0.25, 0.3) is 11.0 Å². The number of rotatable bonds is 5. The number of anilines is 1. The summed E-state index contributed by atoms with van der Waals surface area (Å²) in [6.07, 6.45) is 0. The summed E-state index contributed by atoms with van der Waals surface area (Å²) in [5.41, 5.74) is 8.98. The molecule has 3 N–H and O–H groups in total. The van der Waals surface area contributed by atoms with Crippen molar-refractivity contribution in [2.24, 2.45) is 0 Å². The molecule has 3 rings (SSSR count). The van der Waals surface area contributed by atoms with Gasteiger partial charge in [0.2, 0.25) is 0 Å². The summed E-state index contributed by atoms with van der Waals surface area (Å²) in [5.74, 6) is 1.11. The lowest BCUT2D eigenvalue weighted by molar-refractivity contribution is 0.340. The lowest BCUT2D eigenvalue weighted by Gasteiger charge is -2.03. The lowest BCUT2D eigenvalue weighted by atomic mass is 10.2. The molecule has 6 heteroatoms. The molecule has 1 unspecified atom stereocenters.